The fourth-order valence-corrected chi connectivity index (χ4v) is 8.32. The van der Waals surface area contributed by atoms with Gasteiger partial charge in [-0.3, -0.25) is 10.1 Å². The Morgan fingerprint density at radius 2 is 1.62 bits per heavy atom. The lowest BCUT2D eigenvalue weighted by molar-refractivity contribution is -0.985. The molecule has 0 radical (unpaired) electrons. The van der Waals surface area contributed by atoms with Crippen molar-refractivity contribution in [1.82, 2.24) is 29.5 Å². The van der Waals surface area contributed by atoms with E-state index in [-0.39, 0.29) is 59.1 Å². The molecule has 4 aromatic carbocycles. The summed E-state index contributed by atoms with van der Waals surface area (Å²) in [7, 11) is 3.36. The molecule has 15 nitrogen and oxygen atoms in total. The first-order valence-corrected chi connectivity index (χ1v) is 18.1. The maximum absolute atomic E-state index is 14.1. The van der Waals surface area contributed by atoms with Gasteiger partial charge in [0.2, 0.25) is 6.79 Å². The predicted octanol–water partition coefficient (Wildman–Crippen LogP) is 2.45. The van der Waals surface area contributed by atoms with E-state index < -0.39 is 17.2 Å². The highest BCUT2D eigenvalue weighted by Crippen LogP contribution is 2.51. The minimum absolute atomic E-state index is 0. The maximum atomic E-state index is 14.1. The highest BCUT2D eigenvalue weighted by Gasteiger charge is 2.48. The van der Waals surface area contributed by atoms with Gasteiger partial charge in [0.1, 0.15) is 61.7 Å². The van der Waals surface area contributed by atoms with Crippen molar-refractivity contribution in [3.63, 3.8) is 0 Å². The first-order chi connectivity index (χ1) is 27.6. The smallest absolute Gasteiger partial charge is 0.269 e. The summed E-state index contributed by atoms with van der Waals surface area (Å²) in [5.74, 6) is 1.59. The Morgan fingerprint density at radius 3 is 2.22 bits per heavy atom. The largest absolute Gasteiger partial charge is 1.00 e. The second-order valence-corrected chi connectivity index (χ2v) is 14.3. The van der Waals surface area contributed by atoms with Crippen molar-refractivity contribution >= 4 is 5.69 Å². The van der Waals surface area contributed by atoms with Crippen LogP contribution in [0.15, 0.2) is 92.0 Å². The molecule has 2 aromatic heterocycles. The molecule has 5 heterocycles. The van der Waals surface area contributed by atoms with Crippen LogP contribution in [0.4, 0.5) is 14.5 Å². The lowest BCUT2D eigenvalue weighted by Crippen LogP contribution is -3.00. The third-order valence-electron chi connectivity index (χ3n) is 11.0. The Bertz CT molecular complexity index is 2370. The Balaban J connectivity index is 0.000000192. The van der Waals surface area contributed by atoms with Crippen LogP contribution in [0, 0.1) is 21.7 Å². The predicted molar refractivity (Wildman–Crippen MR) is 198 cm³/mol. The molecule has 1 N–H and O–H groups in total. The number of methoxy groups -OCH3 is 2. The average molecular weight is 862 g/mol. The van der Waals surface area contributed by atoms with Crippen LogP contribution in [0.2, 0.25) is 0 Å². The average Bonchev–Trinajstić information content (AvgIpc) is 4.01. The first-order valence-electron chi connectivity index (χ1n) is 18.1. The van der Waals surface area contributed by atoms with Crippen molar-refractivity contribution in [2.75, 3.05) is 27.6 Å². The van der Waals surface area contributed by atoms with E-state index in [0.29, 0.717) is 0 Å². The second-order valence-electron chi connectivity index (χ2n) is 14.3. The molecule has 3 aliphatic heterocycles. The van der Waals surface area contributed by atoms with Crippen LogP contribution in [0.5, 0.6) is 23.0 Å². The molecule has 2 atom stereocenters. The fourth-order valence-electron chi connectivity index (χ4n) is 8.32. The van der Waals surface area contributed by atoms with E-state index >= 15 is 0 Å². The van der Waals surface area contributed by atoms with Gasteiger partial charge in [0.05, 0.1) is 44.3 Å². The summed E-state index contributed by atoms with van der Waals surface area (Å²) in [6.45, 7) is 2.59. The molecular formula is C40H39BrF2N8O7. The number of quaternary nitrogens is 1. The molecule has 0 aliphatic carbocycles. The van der Waals surface area contributed by atoms with E-state index in [1.54, 1.807) is 26.4 Å². The van der Waals surface area contributed by atoms with Crippen molar-refractivity contribution in [3.05, 3.63) is 147 Å². The number of hydrogen-bond donors (Lipinski definition) is 1. The molecule has 0 fully saturated rings. The molecule has 6 aromatic rings. The standard InChI is InChI=1S/C27H27N2O6.C13H12F2N6O.BrH/c1-32-24-8-5-18-11-23-21-13-26-25(34-16-35-26)12-19(21)9-10-29(23,15-22(18)27(24)33-2)14-17-3-6-20(7-4-17)28(30)31;14-10-1-2-11(12(15)3-10)13(22,4-20-8-16-6-18-20)5-21-9-17-7-19-21;/h3-8,12-13,23H,9-11,14-16H2,1-2H3;1-3,6-9,22H,4-5H2;1H/q+1;;/p-1. The topological polar surface area (TPSA) is 162 Å². The van der Waals surface area contributed by atoms with Crippen LogP contribution in [0.1, 0.15) is 39.4 Å². The summed E-state index contributed by atoms with van der Waals surface area (Å²) < 4.78 is 53.6. The van der Waals surface area contributed by atoms with Crippen LogP contribution >= 0.6 is 0 Å². The fraction of sp³-hybridized carbons (Fsp3) is 0.300. The Morgan fingerprint density at radius 1 is 0.931 bits per heavy atom. The highest BCUT2D eigenvalue weighted by molar-refractivity contribution is 5.54. The normalized spacial score (nSPS) is 17.4. The number of non-ortho nitro benzene ring substituents is 1. The van der Waals surface area contributed by atoms with Gasteiger partial charge in [-0.1, -0.05) is 12.1 Å². The number of nitro benzene ring substituents is 1. The summed E-state index contributed by atoms with van der Waals surface area (Å²) in [4.78, 5) is 18.4. The van der Waals surface area contributed by atoms with Crippen molar-refractivity contribution in [2.45, 2.75) is 50.7 Å². The number of fused-ring (bicyclic) bond motifs is 5. The molecule has 3 aliphatic rings. The molecule has 18 heteroatoms. The van der Waals surface area contributed by atoms with Gasteiger partial charge in [-0.05, 0) is 47.5 Å². The van der Waals surface area contributed by atoms with Gasteiger partial charge >= 0.3 is 0 Å². The van der Waals surface area contributed by atoms with E-state index in [2.05, 4.69) is 38.4 Å². The number of nitrogens with zero attached hydrogens (tertiary/aromatic N) is 8. The third-order valence-corrected chi connectivity index (χ3v) is 11.0. The number of aliphatic hydroxyl groups is 1. The zero-order valence-corrected chi connectivity index (χ0v) is 33.1. The summed E-state index contributed by atoms with van der Waals surface area (Å²) >= 11 is 0. The van der Waals surface area contributed by atoms with Crippen molar-refractivity contribution in [1.29, 1.82) is 0 Å². The first kappa shape index (κ1) is 40.2. The van der Waals surface area contributed by atoms with Crippen molar-refractivity contribution < 1.29 is 59.2 Å². The van der Waals surface area contributed by atoms with Crippen molar-refractivity contribution in [2.24, 2.45) is 0 Å². The van der Waals surface area contributed by atoms with Gasteiger partial charge in [0.15, 0.2) is 23.0 Å². The van der Waals surface area contributed by atoms with Gasteiger partial charge < -0.3 is 45.5 Å². The number of nitro groups is 1. The Labute approximate surface area is 341 Å². The SMILES string of the molecule is COc1ccc2c(c1OC)C[N+]1(Cc3ccc([N+](=O)[O-])cc3)CCc3cc4c(cc3C1C2)OCO4.OC(Cn1cncn1)(Cn1cncn1)c1ccc(F)cc1F.[Br-]. The van der Waals surface area contributed by atoms with Crippen LogP contribution in [0.3, 0.4) is 0 Å². The van der Waals surface area contributed by atoms with E-state index in [0.717, 1.165) is 77.7 Å². The minimum Gasteiger partial charge on any atom is -1.00 e. The number of ether oxygens (including phenoxy) is 4. The molecule has 9 rings (SSSR count). The second kappa shape index (κ2) is 16.5. The number of rotatable bonds is 10. The van der Waals surface area contributed by atoms with E-state index in [1.807, 2.05) is 18.2 Å². The lowest BCUT2D eigenvalue weighted by Gasteiger charge is -2.51. The van der Waals surface area contributed by atoms with Crippen LogP contribution in [-0.2, 0) is 44.6 Å². The number of aromatic nitrogens is 6. The van der Waals surface area contributed by atoms with Gasteiger partial charge in [-0.25, -0.2) is 28.1 Å². The van der Waals surface area contributed by atoms with Gasteiger partial charge in [0, 0.05) is 47.7 Å². The molecule has 0 spiro atoms. The number of hydrogen-bond acceptors (Lipinski definition) is 11. The molecular weight excluding hydrogens is 822 g/mol. The van der Waals surface area contributed by atoms with E-state index in [1.165, 1.54) is 63.0 Å². The Hall–Kier alpha value is -5.98. The third kappa shape index (κ3) is 7.81. The summed E-state index contributed by atoms with van der Waals surface area (Å²) in [6, 6.07) is 18.6. The highest BCUT2D eigenvalue weighted by atomic mass is 79.9. The van der Waals surface area contributed by atoms with E-state index in [9.17, 15) is 24.0 Å². The van der Waals surface area contributed by atoms with Crippen LogP contribution < -0.4 is 35.9 Å². The summed E-state index contributed by atoms with van der Waals surface area (Å²) in [6.07, 6.45) is 7.17. The van der Waals surface area contributed by atoms with Gasteiger partial charge in [-0.15, -0.1) is 0 Å². The minimum atomic E-state index is -1.70. The molecule has 0 amide bonds. The molecule has 0 saturated heterocycles. The molecule has 0 saturated carbocycles. The monoisotopic (exact) mass is 860 g/mol. The lowest BCUT2D eigenvalue weighted by atomic mass is 9.80. The van der Waals surface area contributed by atoms with Gasteiger partial charge in [0.25, 0.3) is 5.69 Å². The molecule has 58 heavy (non-hydrogen) atoms. The Kier molecular flexibility index (Phi) is 11.4. The molecule has 0 bridgehead atoms. The van der Waals surface area contributed by atoms with Crippen molar-refractivity contribution in [3.8, 4) is 23.0 Å². The van der Waals surface area contributed by atoms with E-state index in [4.69, 9.17) is 18.9 Å². The quantitative estimate of drug-likeness (QED) is 0.122. The number of halogens is 3. The van der Waals surface area contributed by atoms with Crippen LogP contribution in [0.25, 0.3) is 0 Å². The zero-order valence-electron chi connectivity index (χ0n) is 31.5. The molecule has 302 valence electrons. The number of benzene rings is 4. The van der Waals surface area contributed by atoms with Crippen LogP contribution in [-0.4, -0.2) is 71.6 Å². The maximum Gasteiger partial charge on any atom is 0.269 e. The molecule has 2 unspecified atom stereocenters. The summed E-state index contributed by atoms with van der Waals surface area (Å²) in [5, 5.41) is 30.0. The van der Waals surface area contributed by atoms with Gasteiger partial charge in [-0.2, -0.15) is 10.2 Å². The zero-order chi connectivity index (χ0) is 39.7. The summed E-state index contributed by atoms with van der Waals surface area (Å²) in [5.41, 5.74) is 4.47.